The van der Waals surface area contributed by atoms with Crippen LogP contribution in [-0.2, 0) is 5.54 Å². The molecule has 2 N–H and O–H groups in total. The summed E-state index contributed by atoms with van der Waals surface area (Å²) in [6.07, 6.45) is 2.02. The average Bonchev–Trinajstić information content (AvgIpc) is 3.65. The number of nitrogens with zero attached hydrogens (tertiary/aromatic N) is 3. The summed E-state index contributed by atoms with van der Waals surface area (Å²) in [5.74, 6) is -0.356. The number of benzene rings is 2. The van der Waals surface area contributed by atoms with Crippen molar-refractivity contribution in [3.63, 3.8) is 0 Å². The van der Waals surface area contributed by atoms with E-state index in [9.17, 15) is 14.0 Å². The predicted molar refractivity (Wildman–Crippen MR) is 152 cm³/mol. The van der Waals surface area contributed by atoms with Crippen molar-refractivity contribution < 1.29 is 22.9 Å². The van der Waals surface area contributed by atoms with Gasteiger partial charge in [-0.3, -0.25) is 9.59 Å². The van der Waals surface area contributed by atoms with Gasteiger partial charge in [0.15, 0.2) is 5.82 Å². The lowest BCUT2D eigenvalue weighted by molar-refractivity contribution is 0.0906. The Morgan fingerprint density at radius 2 is 1.80 bits per heavy atom. The third kappa shape index (κ3) is 5.32. The van der Waals surface area contributed by atoms with Crippen LogP contribution in [0.25, 0.3) is 33.6 Å². The molecule has 1 atom stereocenters. The van der Waals surface area contributed by atoms with Gasteiger partial charge in [-0.1, -0.05) is 31.1 Å². The second-order valence-electron chi connectivity index (χ2n) is 10.4. The summed E-state index contributed by atoms with van der Waals surface area (Å²) < 4.78 is 24.6. The maximum Gasteiger partial charge on any atom is 0.255 e. The molecule has 5 aromatic rings. The smallest absolute Gasteiger partial charge is 0.255 e. The van der Waals surface area contributed by atoms with Gasteiger partial charge in [0.1, 0.15) is 11.6 Å². The summed E-state index contributed by atoms with van der Waals surface area (Å²) in [6.45, 7) is 7.70. The molecule has 5 rings (SSSR count). The number of fused-ring (bicyclic) bond motifs is 1. The van der Waals surface area contributed by atoms with Crippen LogP contribution in [-0.4, -0.2) is 34.0 Å². The van der Waals surface area contributed by atoms with Gasteiger partial charge in [0, 0.05) is 23.7 Å². The minimum absolute atomic E-state index is 0.0480. The molecule has 9 nitrogen and oxygen atoms in total. The van der Waals surface area contributed by atoms with Crippen LogP contribution in [0.1, 0.15) is 72.3 Å². The molecule has 210 valence electrons. The fraction of sp³-hybridized carbons (Fsp3) is 0.258. The standard InChI is InChI=1S/C31H30FN5O4/c1-6-17(2)25-22(19-8-7-9-20(14-19)27(38)36-31(3,4)30-34-16-40-37-30)15-23-24(28(39)33-5)26(41-29(23)35-25)18-10-12-21(32)13-11-18/h7-17H,6H2,1-5H3,(H,33,39)(H,36,38)/t17-/m1/s1. The third-order valence-electron chi connectivity index (χ3n) is 7.13. The molecule has 0 saturated heterocycles. The zero-order valence-electron chi connectivity index (χ0n) is 23.4. The van der Waals surface area contributed by atoms with Crippen LogP contribution in [0.15, 0.2) is 69.9 Å². The number of rotatable bonds is 8. The van der Waals surface area contributed by atoms with Gasteiger partial charge >= 0.3 is 0 Å². The summed E-state index contributed by atoms with van der Waals surface area (Å²) in [7, 11) is 1.54. The molecule has 2 amide bonds. The Hall–Kier alpha value is -4.86. The summed E-state index contributed by atoms with van der Waals surface area (Å²) in [6, 6.07) is 14.8. The largest absolute Gasteiger partial charge is 0.437 e. The molecule has 0 bridgehead atoms. The van der Waals surface area contributed by atoms with Gasteiger partial charge in [-0.05, 0) is 74.2 Å². The van der Waals surface area contributed by atoms with Crippen molar-refractivity contribution in [2.24, 2.45) is 0 Å². The molecule has 10 heteroatoms. The number of aromatic nitrogens is 3. The maximum absolute atomic E-state index is 13.6. The van der Waals surface area contributed by atoms with E-state index in [4.69, 9.17) is 13.9 Å². The Balaban J connectivity index is 1.64. The van der Waals surface area contributed by atoms with Crippen molar-refractivity contribution in [3.05, 3.63) is 89.5 Å². The fourth-order valence-corrected chi connectivity index (χ4v) is 4.68. The van der Waals surface area contributed by atoms with Crippen LogP contribution in [0.2, 0.25) is 0 Å². The van der Waals surface area contributed by atoms with Gasteiger partial charge in [0.2, 0.25) is 12.1 Å². The SMILES string of the molecule is CC[C@@H](C)c1nc2oc(-c3ccc(F)cc3)c(C(=O)NC)c2cc1-c1cccc(C(=O)NC(C)(C)c2ncon2)c1. The summed E-state index contributed by atoms with van der Waals surface area (Å²) in [5.41, 5.74) is 3.03. The van der Waals surface area contributed by atoms with Gasteiger partial charge in [-0.15, -0.1) is 0 Å². The number of nitrogens with one attached hydrogen (secondary N) is 2. The molecule has 0 spiro atoms. The second kappa shape index (κ2) is 11.0. The lowest BCUT2D eigenvalue weighted by Gasteiger charge is -2.22. The lowest BCUT2D eigenvalue weighted by atomic mass is 9.92. The first-order valence-electron chi connectivity index (χ1n) is 13.3. The van der Waals surface area contributed by atoms with E-state index in [2.05, 4.69) is 34.6 Å². The van der Waals surface area contributed by atoms with Crippen molar-refractivity contribution in [1.82, 2.24) is 25.8 Å². The highest BCUT2D eigenvalue weighted by atomic mass is 19.1. The van der Waals surface area contributed by atoms with E-state index in [1.165, 1.54) is 25.6 Å². The van der Waals surface area contributed by atoms with Crippen LogP contribution in [0.3, 0.4) is 0 Å². The topological polar surface area (TPSA) is 123 Å². The number of hydrogen-bond donors (Lipinski definition) is 2. The molecule has 0 radical (unpaired) electrons. The molecule has 3 heterocycles. The number of amides is 2. The number of furan rings is 1. The maximum atomic E-state index is 13.6. The molecule has 0 aliphatic carbocycles. The first-order chi connectivity index (χ1) is 19.6. The molecule has 41 heavy (non-hydrogen) atoms. The molecule has 0 aliphatic heterocycles. The van der Waals surface area contributed by atoms with Gasteiger partial charge in [0.25, 0.3) is 11.8 Å². The van der Waals surface area contributed by atoms with Crippen LogP contribution in [0.5, 0.6) is 0 Å². The van der Waals surface area contributed by atoms with Crippen molar-refractivity contribution in [3.8, 4) is 22.5 Å². The molecule has 0 aliphatic rings. The van der Waals surface area contributed by atoms with E-state index in [0.29, 0.717) is 39.4 Å². The Labute approximate surface area is 236 Å². The van der Waals surface area contributed by atoms with Gasteiger partial charge < -0.3 is 19.6 Å². The van der Waals surface area contributed by atoms with Crippen molar-refractivity contribution in [1.29, 1.82) is 0 Å². The third-order valence-corrected chi connectivity index (χ3v) is 7.13. The highest BCUT2D eigenvalue weighted by Gasteiger charge is 2.29. The van der Waals surface area contributed by atoms with E-state index in [1.807, 2.05) is 12.1 Å². The zero-order valence-corrected chi connectivity index (χ0v) is 23.4. The van der Waals surface area contributed by atoms with E-state index in [-0.39, 0.29) is 17.7 Å². The first-order valence-corrected chi connectivity index (χ1v) is 13.3. The van der Waals surface area contributed by atoms with Crippen LogP contribution >= 0.6 is 0 Å². The quantitative estimate of drug-likeness (QED) is 0.233. The number of carbonyl (C=O) groups excluding carboxylic acids is 2. The van der Waals surface area contributed by atoms with Gasteiger partial charge in [-0.25, -0.2) is 9.37 Å². The van der Waals surface area contributed by atoms with E-state index in [0.717, 1.165) is 23.2 Å². The van der Waals surface area contributed by atoms with E-state index >= 15 is 0 Å². The Kier molecular flexibility index (Phi) is 7.40. The van der Waals surface area contributed by atoms with E-state index in [1.54, 1.807) is 44.2 Å². The Bertz CT molecular complexity index is 1730. The predicted octanol–water partition coefficient (Wildman–Crippen LogP) is 6.22. The van der Waals surface area contributed by atoms with Crippen molar-refractivity contribution in [2.45, 2.75) is 45.6 Å². The zero-order chi connectivity index (χ0) is 29.3. The monoisotopic (exact) mass is 555 g/mol. The van der Waals surface area contributed by atoms with Crippen LogP contribution in [0.4, 0.5) is 4.39 Å². The first kappa shape index (κ1) is 27.7. The Morgan fingerprint density at radius 1 is 1.05 bits per heavy atom. The molecule has 3 aromatic heterocycles. The number of halogens is 1. The number of pyridine rings is 1. The highest BCUT2D eigenvalue weighted by Crippen LogP contribution is 2.39. The molecular weight excluding hydrogens is 525 g/mol. The molecule has 0 saturated carbocycles. The Morgan fingerprint density at radius 3 is 2.46 bits per heavy atom. The molecular formula is C31H30FN5O4. The van der Waals surface area contributed by atoms with Gasteiger partial charge in [-0.2, -0.15) is 4.98 Å². The van der Waals surface area contributed by atoms with Crippen molar-refractivity contribution in [2.75, 3.05) is 7.05 Å². The molecule has 0 fully saturated rings. The lowest BCUT2D eigenvalue weighted by Crippen LogP contribution is -2.41. The fourth-order valence-electron chi connectivity index (χ4n) is 4.68. The average molecular weight is 556 g/mol. The molecule has 0 unspecified atom stereocenters. The highest BCUT2D eigenvalue weighted by molar-refractivity contribution is 6.11. The second-order valence-corrected chi connectivity index (χ2v) is 10.4. The number of carbonyl (C=O) groups is 2. The van der Waals surface area contributed by atoms with Crippen LogP contribution in [0, 0.1) is 5.82 Å². The van der Waals surface area contributed by atoms with Gasteiger partial charge in [0.05, 0.1) is 22.2 Å². The minimum atomic E-state index is -0.863. The summed E-state index contributed by atoms with van der Waals surface area (Å²) in [5, 5.41) is 10.0. The van der Waals surface area contributed by atoms with Crippen molar-refractivity contribution >= 4 is 22.9 Å². The minimum Gasteiger partial charge on any atom is -0.437 e. The van der Waals surface area contributed by atoms with Crippen LogP contribution < -0.4 is 10.6 Å². The number of hydrogen-bond acceptors (Lipinski definition) is 7. The summed E-state index contributed by atoms with van der Waals surface area (Å²) >= 11 is 0. The molecule has 2 aromatic carbocycles. The normalized spacial score (nSPS) is 12.3. The summed E-state index contributed by atoms with van der Waals surface area (Å²) in [4.78, 5) is 35.3. The van der Waals surface area contributed by atoms with E-state index < -0.39 is 11.4 Å².